The summed E-state index contributed by atoms with van der Waals surface area (Å²) in [7, 11) is 0. The van der Waals surface area contributed by atoms with Crippen LogP contribution in [0.4, 0.5) is 0 Å². The number of phenols is 3. The number of hydrogen-bond acceptors (Lipinski definition) is 8. The van der Waals surface area contributed by atoms with Crippen LogP contribution in [0.15, 0.2) is 103 Å². The predicted molar refractivity (Wildman–Crippen MR) is 189 cm³/mol. The van der Waals surface area contributed by atoms with E-state index in [9.17, 15) is 39.6 Å². The van der Waals surface area contributed by atoms with Crippen LogP contribution < -0.4 is 21.7 Å². The highest BCUT2D eigenvalue weighted by Crippen LogP contribution is 2.20. The summed E-state index contributed by atoms with van der Waals surface area (Å²) in [5.41, 5.74) is 9.52. The summed E-state index contributed by atoms with van der Waals surface area (Å²) in [5.74, 6) is -3.38. The third-order valence-electron chi connectivity index (χ3n) is 8.46. The Balaban J connectivity index is 1.37. The van der Waals surface area contributed by atoms with Gasteiger partial charge in [0.2, 0.25) is 17.7 Å². The number of benzene rings is 4. The Hall–Kier alpha value is -6.34. The number of amides is 3. The van der Waals surface area contributed by atoms with Gasteiger partial charge < -0.3 is 47.1 Å². The highest BCUT2D eigenvalue weighted by atomic mass is 16.4. The fourth-order valence-corrected chi connectivity index (χ4v) is 5.68. The number of fused-ring (bicyclic) bond motifs is 1. The van der Waals surface area contributed by atoms with E-state index >= 15 is 0 Å². The molecule has 1 heterocycles. The topological polar surface area (TPSA) is 227 Å². The van der Waals surface area contributed by atoms with Crippen LogP contribution in [-0.4, -0.2) is 73.3 Å². The Morgan fingerprint density at radius 2 is 1.00 bits per heavy atom. The van der Waals surface area contributed by atoms with Crippen molar-refractivity contribution < 1.29 is 39.6 Å². The number of H-pyrrole nitrogens is 1. The molecule has 4 unspecified atom stereocenters. The van der Waals surface area contributed by atoms with Crippen molar-refractivity contribution in [1.29, 1.82) is 0 Å². The molecule has 51 heavy (non-hydrogen) atoms. The minimum Gasteiger partial charge on any atom is -0.508 e. The Bertz CT molecular complexity index is 1980. The predicted octanol–water partition coefficient (Wildman–Crippen LogP) is 2.42. The second-order valence-corrected chi connectivity index (χ2v) is 12.3. The lowest BCUT2D eigenvalue weighted by atomic mass is 10.0. The van der Waals surface area contributed by atoms with Crippen molar-refractivity contribution in [2.75, 3.05) is 0 Å². The Morgan fingerprint density at radius 3 is 1.49 bits per heavy atom. The van der Waals surface area contributed by atoms with Crippen LogP contribution in [0.3, 0.4) is 0 Å². The second-order valence-electron chi connectivity index (χ2n) is 12.3. The number of rotatable bonds is 15. The van der Waals surface area contributed by atoms with Gasteiger partial charge in [0.25, 0.3) is 0 Å². The normalized spacial score (nSPS) is 13.4. The molecule has 0 radical (unpaired) electrons. The molecule has 1 aromatic heterocycles. The summed E-state index contributed by atoms with van der Waals surface area (Å²) in [6.07, 6.45) is 1.65. The first-order chi connectivity index (χ1) is 24.4. The minimum absolute atomic E-state index is 0.00552. The first-order valence-electron chi connectivity index (χ1n) is 16.2. The number of aromatic nitrogens is 1. The van der Waals surface area contributed by atoms with Crippen LogP contribution >= 0.6 is 0 Å². The van der Waals surface area contributed by atoms with Crippen molar-refractivity contribution >= 4 is 34.6 Å². The number of aliphatic carboxylic acids is 1. The molecular weight excluding hydrogens is 654 g/mol. The molecule has 13 nitrogen and oxygen atoms in total. The van der Waals surface area contributed by atoms with Crippen LogP contribution in [0.5, 0.6) is 17.2 Å². The number of nitrogens with one attached hydrogen (secondary N) is 4. The van der Waals surface area contributed by atoms with E-state index in [1.165, 1.54) is 36.4 Å². The molecule has 4 atom stereocenters. The largest absolute Gasteiger partial charge is 0.508 e. The number of nitrogens with two attached hydrogens (primary N) is 1. The van der Waals surface area contributed by atoms with Gasteiger partial charge in [0.15, 0.2) is 0 Å². The maximum atomic E-state index is 14.0. The molecule has 5 rings (SSSR count). The molecule has 0 saturated carbocycles. The summed E-state index contributed by atoms with van der Waals surface area (Å²) >= 11 is 0. The number of carboxylic acids is 1. The van der Waals surface area contributed by atoms with Crippen molar-refractivity contribution in [3.05, 3.63) is 126 Å². The minimum atomic E-state index is -1.35. The lowest BCUT2D eigenvalue weighted by Gasteiger charge is -2.25. The third kappa shape index (κ3) is 9.86. The van der Waals surface area contributed by atoms with E-state index in [0.717, 1.165) is 10.9 Å². The highest BCUT2D eigenvalue weighted by molar-refractivity contribution is 5.94. The average molecular weight is 694 g/mol. The molecule has 13 heteroatoms. The Morgan fingerprint density at radius 1 is 0.569 bits per heavy atom. The molecule has 4 aromatic carbocycles. The van der Waals surface area contributed by atoms with E-state index < -0.39 is 47.9 Å². The molecule has 0 fully saturated rings. The van der Waals surface area contributed by atoms with Gasteiger partial charge in [-0.2, -0.15) is 0 Å². The number of aromatic hydroxyl groups is 3. The summed E-state index contributed by atoms with van der Waals surface area (Å²) in [4.78, 5) is 56.6. The summed E-state index contributed by atoms with van der Waals surface area (Å²) < 4.78 is 0. The molecule has 0 saturated heterocycles. The highest BCUT2D eigenvalue weighted by Gasteiger charge is 2.31. The number of carbonyl (C=O) groups excluding carboxylic acids is 3. The van der Waals surface area contributed by atoms with Crippen LogP contribution in [0, 0.1) is 0 Å². The number of carboxylic acid groups (broad SMARTS) is 1. The zero-order valence-electron chi connectivity index (χ0n) is 27.5. The lowest BCUT2D eigenvalue weighted by molar-refractivity contribution is -0.142. The zero-order valence-corrected chi connectivity index (χ0v) is 27.5. The van der Waals surface area contributed by atoms with Crippen LogP contribution in [-0.2, 0) is 44.9 Å². The fourth-order valence-electron chi connectivity index (χ4n) is 5.68. The van der Waals surface area contributed by atoms with Crippen molar-refractivity contribution in [2.24, 2.45) is 5.73 Å². The number of aromatic amines is 1. The van der Waals surface area contributed by atoms with Gasteiger partial charge in [-0.25, -0.2) is 4.79 Å². The van der Waals surface area contributed by atoms with E-state index in [2.05, 4.69) is 20.9 Å². The molecule has 0 aliphatic heterocycles. The lowest BCUT2D eigenvalue weighted by Crippen LogP contribution is -2.58. The van der Waals surface area contributed by atoms with E-state index in [1.54, 1.807) is 42.6 Å². The number of carbonyl (C=O) groups is 4. The van der Waals surface area contributed by atoms with Gasteiger partial charge in [0.05, 0.1) is 6.04 Å². The van der Waals surface area contributed by atoms with Crippen molar-refractivity contribution in [3.63, 3.8) is 0 Å². The van der Waals surface area contributed by atoms with Gasteiger partial charge in [-0.05, 0) is 71.1 Å². The summed E-state index contributed by atoms with van der Waals surface area (Å²) in [6.45, 7) is 0. The van der Waals surface area contributed by atoms with Gasteiger partial charge in [-0.3, -0.25) is 14.4 Å². The monoisotopic (exact) mass is 693 g/mol. The van der Waals surface area contributed by atoms with E-state index in [-0.39, 0.29) is 42.9 Å². The molecule has 264 valence electrons. The van der Waals surface area contributed by atoms with Crippen LogP contribution in [0.1, 0.15) is 22.3 Å². The fraction of sp³-hybridized carbons (Fsp3) is 0.211. The maximum absolute atomic E-state index is 14.0. The zero-order chi connectivity index (χ0) is 36.5. The first kappa shape index (κ1) is 36.0. The molecule has 0 bridgehead atoms. The maximum Gasteiger partial charge on any atom is 0.326 e. The van der Waals surface area contributed by atoms with Crippen molar-refractivity contribution in [1.82, 2.24) is 20.9 Å². The number of phenolic OH excluding ortho intramolecular Hbond substituents is 3. The molecule has 10 N–H and O–H groups in total. The van der Waals surface area contributed by atoms with Gasteiger partial charge in [0, 0.05) is 36.4 Å². The quantitative estimate of drug-likeness (QED) is 0.0784. The molecule has 5 aromatic rings. The van der Waals surface area contributed by atoms with Gasteiger partial charge >= 0.3 is 5.97 Å². The van der Waals surface area contributed by atoms with Gasteiger partial charge in [-0.1, -0.05) is 54.6 Å². The summed E-state index contributed by atoms with van der Waals surface area (Å²) in [6, 6.07) is 20.6. The third-order valence-corrected chi connectivity index (χ3v) is 8.46. The number of para-hydroxylation sites is 1. The van der Waals surface area contributed by atoms with Crippen molar-refractivity contribution in [2.45, 2.75) is 49.9 Å². The van der Waals surface area contributed by atoms with Gasteiger partial charge in [-0.15, -0.1) is 0 Å². The standard InChI is InChI=1S/C38H39N5O8/c39-30(17-22-5-11-26(44)12-6-22)35(47)41-32(18-23-7-13-27(45)14-8-23)36(48)42-33(19-24-9-15-28(46)16-10-24)37(49)43-34(38(50)51)20-25-21-40-31-4-2-1-3-29(25)31/h1-16,21,30,32-34,40,44-46H,17-20,39H2,(H,41,47)(H,42,48)(H,43,49)(H,50,51). The molecular formula is C38H39N5O8. The molecule has 3 amide bonds. The number of hydrogen-bond donors (Lipinski definition) is 9. The smallest absolute Gasteiger partial charge is 0.326 e. The Kier molecular flexibility index (Phi) is 11.5. The van der Waals surface area contributed by atoms with Crippen LogP contribution in [0.2, 0.25) is 0 Å². The summed E-state index contributed by atoms with van der Waals surface area (Å²) in [5, 5.41) is 48.0. The molecule has 0 aliphatic carbocycles. The molecule has 0 spiro atoms. The van der Waals surface area contributed by atoms with E-state index in [0.29, 0.717) is 22.3 Å². The van der Waals surface area contributed by atoms with Crippen LogP contribution in [0.25, 0.3) is 10.9 Å². The van der Waals surface area contributed by atoms with E-state index in [4.69, 9.17) is 5.73 Å². The SMILES string of the molecule is NC(Cc1ccc(O)cc1)C(=O)NC(Cc1ccc(O)cc1)C(=O)NC(Cc1ccc(O)cc1)C(=O)NC(Cc1c[nH]c2ccccc12)C(=O)O. The Labute approximate surface area is 293 Å². The van der Waals surface area contributed by atoms with Crippen molar-refractivity contribution in [3.8, 4) is 17.2 Å². The van der Waals surface area contributed by atoms with E-state index in [1.807, 2.05) is 24.3 Å². The first-order valence-corrected chi connectivity index (χ1v) is 16.2. The average Bonchev–Trinajstić information content (AvgIpc) is 3.52. The molecule has 0 aliphatic rings. The second kappa shape index (κ2) is 16.4. The van der Waals surface area contributed by atoms with Gasteiger partial charge in [0.1, 0.15) is 35.4 Å².